The predicted octanol–water partition coefficient (Wildman–Crippen LogP) is 5.85. The average molecular weight is 472 g/mol. The second kappa shape index (κ2) is 3.70. The van der Waals surface area contributed by atoms with E-state index in [1.54, 1.807) is 0 Å². The molecule has 1 heterocycles. The van der Waals surface area contributed by atoms with Gasteiger partial charge < -0.3 is 4.42 Å². The standard InChI is InChI=1S/C11H4Br4O/c12-8-9-7(11(14,15)10(8)13)5-3-1-2-4-6(5)16-9/h1-4H. The van der Waals surface area contributed by atoms with Gasteiger partial charge in [-0.25, -0.2) is 0 Å². The molecular formula is C11H4Br4O. The Balaban J connectivity index is 2.46. The van der Waals surface area contributed by atoms with E-state index in [9.17, 15) is 0 Å². The molecule has 0 radical (unpaired) electrons. The van der Waals surface area contributed by atoms with E-state index in [0.717, 1.165) is 31.3 Å². The average Bonchev–Trinajstić information content (AvgIpc) is 2.72. The van der Waals surface area contributed by atoms with Crippen molar-refractivity contribution in [1.82, 2.24) is 0 Å². The zero-order chi connectivity index (χ0) is 11.5. The number of alkyl halides is 2. The normalized spacial score (nSPS) is 18.2. The Morgan fingerprint density at radius 3 is 2.50 bits per heavy atom. The van der Waals surface area contributed by atoms with Gasteiger partial charge in [0.15, 0.2) is 0 Å². The molecule has 0 unspecified atom stereocenters. The molecule has 1 aromatic heterocycles. The minimum atomic E-state index is -0.402. The molecule has 1 aromatic carbocycles. The minimum absolute atomic E-state index is 0.402. The van der Waals surface area contributed by atoms with Crippen LogP contribution in [0.1, 0.15) is 11.3 Å². The summed E-state index contributed by atoms with van der Waals surface area (Å²) >= 11 is 14.4. The number of hydrogen-bond acceptors (Lipinski definition) is 1. The minimum Gasteiger partial charge on any atom is -0.455 e. The predicted molar refractivity (Wildman–Crippen MR) is 80.5 cm³/mol. The Bertz CT molecular complexity index is 624. The topological polar surface area (TPSA) is 13.1 Å². The summed E-state index contributed by atoms with van der Waals surface area (Å²) < 4.78 is 7.36. The molecule has 0 amide bonds. The van der Waals surface area contributed by atoms with Crippen LogP contribution in [0.3, 0.4) is 0 Å². The van der Waals surface area contributed by atoms with Gasteiger partial charge in [0.1, 0.15) is 14.6 Å². The van der Waals surface area contributed by atoms with Gasteiger partial charge in [-0.1, -0.05) is 66.0 Å². The SMILES string of the molecule is BrC1=C(Br)C(Br)(Br)c2c1oc1ccccc21. The highest BCUT2D eigenvalue weighted by Crippen LogP contribution is 2.61. The number of halogens is 4. The highest BCUT2D eigenvalue weighted by Gasteiger charge is 2.44. The lowest BCUT2D eigenvalue weighted by atomic mass is 10.1. The van der Waals surface area contributed by atoms with E-state index in [1.165, 1.54) is 0 Å². The fraction of sp³-hybridized carbons (Fsp3) is 0.0909. The Hall–Kier alpha value is 0.420. The Morgan fingerprint density at radius 1 is 1.06 bits per heavy atom. The molecule has 82 valence electrons. The maximum absolute atomic E-state index is 5.83. The number of allylic oxidation sites excluding steroid dienone is 1. The van der Waals surface area contributed by atoms with Crippen LogP contribution in [0, 0.1) is 0 Å². The molecule has 3 rings (SSSR count). The van der Waals surface area contributed by atoms with Crippen molar-refractivity contribution in [3.63, 3.8) is 0 Å². The second-order valence-corrected chi connectivity index (χ2v) is 8.53. The van der Waals surface area contributed by atoms with Crippen LogP contribution in [0.5, 0.6) is 0 Å². The fourth-order valence-corrected chi connectivity index (χ4v) is 4.53. The third-order valence-electron chi connectivity index (χ3n) is 2.58. The number of furan rings is 1. The molecular weight excluding hydrogens is 468 g/mol. The first-order valence-electron chi connectivity index (χ1n) is 4.49. The van der Waals surface area contributed by atoms with Crippen molar-refractivity contribution in [2.45, 2.75) is 3.23 Å². The molecule has 0 spiro atoms. The van der Waals surface area contributed by atoms with Crippen molar-refractivity contribution < 1.29 is 4.42 Å². The molecule has 1 aliphatic rings. The lowest BCUT2D eigenvalue weighted by Crippen LogP contribution is -2.04. The van der Waals surface area contributed by atoms with Gasteiger partial charge in [0, 0.05) is 15.4 Å². The number of benzene rings is 1. The van der Waals surface area contributed by atoms with Crippen molar-refractivity contribution in [3.8, 4) is 0 Å². The van der Waals surface area contributed by atoms with Crippen LogP contribution in [0.2, 0.25) is 0 Å². The van der Waals surface area contributed by atoms with Crippen LogP contribution in [0.4, 0.5) is 0 Å². The molecule has 0 aliphatic heterocycles. The van der Waals surface area contributed by atoms with E-state index >= 15 is 0 Å². The smallest absolute Gasteiger partial charge is 0.149 e. The van der Waals surface area contributed by atoms with Crippen LogP contribution in [0.15, 0.2) is 33.2 Å². The Kier molecular flexibility index (Phi) is 2.66. The third kappa shape index (κ3) is 1.38. The largest absolute Gasteiger partial charge is 0.455 e. The molecule has 1 nitrogen and oxygen atoms in total. The summed E-state index contributed by atoms with van der Waals surface area (Å²) in [4.78, 5) is 0. The number of rotatable bonds is 0. The molecule has 0 N–H and O–H groups in total. The van der Waals surface area contributed by atoms with Crippen LogP contribution in [-0.2, 0) is 3.23 Å². The Labute approximate surface area is 126 Å². The zero-order valence-electron chi connectivity index (χ0n) is 7.73. The summed E-state index contributed by atoms with van der Waals surface area (Å²) in [7, 11) is 0. The van der Waals surface area contributed by atoms with Crippen LogP contribution in [-0.4, -0.2) is 0 Å². The fourth-order valence-electron chi connectivity index (χ4n) is 1.86. The maximum Gasteiger partial charge on any atom is 0.149 e. The molecule has 0 bridgehead atoms. The quantitative estimate of drug-likeness (QED) is 0.440. The van der Waals surface area contributed by atoms with Crippen LogP contribution >= 0.6 is 63.7 Å². The van der Waals surface area contributed by atoms with Crippen molar-refractivity contribution in [2.75, 3.05) is 0 Å². The lowest BCUT2D eigenvalue weighted by Gasteiger charge is -2.14. The maximum atomic E-state index is 5.83. The monoisotopic (exact) mass is 468 g/mol. The van der Waals surface area contributed by atoms with E-state index in [1.807, 2.05) is 18.2 Å². The van der Waals surface area contributed by atoms with Crippen LogP contribution in [0.25, 0.3) is 15.5 Å². The van der Waals surface area contributed by atoms with Gasteiger partial charge >= 0.3 is 0 Å². The summed E-state index contributed by atoms with van der Waals surface area (Å²) in [5.74, 6) is 0.863. The van der Waals surface area contributed by atoms with Gasteiger partial charge in [-0.3, -0.25) is 0 Å². The summed E-state index contributed by atoms with van der Waals surface area (Å²) in [6.07, 6.45) is 0. The Morgan fingerprint density at radius 2 is 1.75 bits per heavy atom. The van der Waals surface area contributed by atoms with Crippen molar-refractivity contribution >= 4 is 79.2 Å². The second-order valence-electron chi connectivity index (χ2n) is 3.50. The molecule has 0 saturated carbocycles. The van der Waals surface area contributed by atoms with Crippen molar-refractivity contribution in [2.24, 2.45) is 0 Å². The number of fused-ring (bicyclic) bond motifs is 3. The summed E-state index contributed by atoms with van der Waals surface area (Å²) in [5, 5.41) is 1.11. The molecule has 1 aliphatic carbocycles. The molecule has 0 fully saturated rings. The zero-order valence-corrected chi connectivity index (χ0v) is 14.1. The van der Waals surface area contributed by atoms with Gasteiger partial charge in [-0.2, -0.15) is 0 Å². The van der Waals surface area contributed by atoms with Gasteiger partial charge in [-0.15, -0.1) is 0 Å². The van der Waals surface area contributed by atoms with Gasteiger partial charge in [0.25, 0.3) is 0 Å². The number of hydrogen-bond donors (Lipinski definition) is 0. The van der Waals surface area contributed by atoms with Gasteiger partial charge in [0.2, 0.25) is 0 Å². The molecule has 0 atom stereocenters. The first-order chi connectivity index (χ1) is 7.53. The highest BCUT2D eigenvalue weighted by molar-refractivity contribution is 9.26. The third-order valence-corrected chi connectivity index (χ3v) is 7.51. The van der Waals surface area contributed by atoms with E-state index < -0.39 is 3.23 Å². The van der Waals surface area contributed by atoms with Crippen molar-refractivity contribution in [1.29, 1.82) is 0 Å². The molecule has 5 heteroatoms. The summed E-state index contributed by atoms with van der Waals surface area (Å²) in [6.45, 7) is 0. The van der Waals surface area contributed by atoms with Gasteiger partial charge in [0.05, 0.1) is 4.48 Å². The van der Waals surface area contributed by atoms with E-state index in [2.05, 4.69) is 69.8 Å². The molecule has 2 aromatic rings. The van der Waals surface area contributed by atoms with E-state index in [4.69, 9.17) is 4.42 Å². The van der Waals surface area contributed by atoms with Crippen molar-refractivity contribution in [3.05, 3.63) is 40.1 Å². The highest BCUT2D eigenvalue weighted by atomic mass is 79.9. The molecule has 16 heavy (non-hydrogen) atoms. The summed E-state index contributed by atoms with van der Waals surface area (Å²) in [6, 6.07) is 8.00. The lowest BCUT2D eigenvalue weighted by molar-refractivity contribution is 0.601. The first-order valence-corrected chi connectivity index (χ1v) is 7.66. The van der Waals surface area contributed by atoms with E-state index in [-0.39, 0.29) is 0 Å². The van der Waals surface area contributed by atoms with Gasteiger partial charge in [-0.05, 0) is 22.0 Å². The molecule has 0 saturated heterocycles. The number of para-hydroxylation sites is 1. The first kappa shape index (κ1) is 11.5. The van der Waals surface area contributed by atoms with E-state index in [0.29, 0.717) is 0 Å². The van der Waals surface area contributed by atoms with Crippen LogP contribution < -0.4 is 0 Å². The summed E-state index contributed by atoms with van der Waals surface area (Å²) in [5.41, 5.74) is 1.99.